The summed E-state index contributed by atoms with van der Waals surface area (Å²) in [6, 6.07) is 7.58. The van der Waals surface area contributed by atoms with Gasteiger partial charge >= 0.3 is 0 Å². The third-order valence-electron chi connectivity index (χ3n) is 3.39. The highest BCUT2D eigenvalue weighted by Crippen LogP contribution is 2.37. The van der Waals surface area contributed by atoms with E-state index >= 15 is 0 Å². The Kier molecular flexibility index (Phi) is 4.60. The zero-order valence-corrected chi connectivity index (χ0v) is 11.3. The van der Waals surface area contributed by atoms with Gasteiger partial charge in [-0.25, -0.2) is 0 Å². The molecule has 1 aromatic rings. The summed E-state index contributed by atoms with van der Waals surface area (Å²) in [6.45, 7) is 0. The van der Waals surface area contributed by atoms with Gasteiger partial charge in [0, 0.05) is 17.4 Å². The third kappa shape index (κ3) is 3.23. The van der Waals surface area contributed by atoms with E-state index in [9.17, 15) is 10.1 Å². The first-order valence-corrected chi connectivity index (χ1v) is 7.16. The summed E-state index contributed by atoms with van der Waals surface area (Å²) in [5.74, 6) is 0. The fourth-order valence-corrected chi connectivity index (χ4v) is 3.79. The number of nitro groups is 1. The Morgan fingerprint density at radius 2 is 2.17 bits per heavy atom. The van der Waals surface area contributed by atoms with Crippen LogP contribution in [0.5, 0.6) is 0 Å². The predicted octanol–water partition coefficient (Wildman–Crippen LogP) is 3.22. The van der Waals surface area contributed by atoms with Gasteiger partial charge in [0.15, 0.2) is 0 Å². The Labute approximate surface area is 111 Å². The van der Waals surface area contributed by atoms with E-state index in [-0.39, 0.29) is 10.6 Å². The summed E-state index contributed by atoms with van der Waals surface area (Å²) in [6.07, 6.45) is 4.65. The van der Waals surface area contributed by atoms with Crippen LogP contribution in [-0.4, -0.2) is 23.3 Å². The van der Waals surface area contributed by atoms with Crippen molar-refractivity contribution in [1.82, 2.24) is 5.32 Å². The van der Waals surface area contributed by atoms with Crippen LogP contribution < -0.4 is 5.32 Å². The molecule has 98 valence electrons. The van der Waals surface area contributed by atoms with Gasteiger partial charge in [0.2, 0.25) is 0 Å². The molecule has 2 atom stereocenters. The van der Waals surface area contributed by atoms with Crippen molar-refractivity contribution in [1.29, 1.82) is 0 Å². The molecule has 1 saturated carbocycles. The van der Waals surface area contributed by atoms with Crippen LogP contribution in [0, 0.1) is 10.1 Å². The monoisotopic (exact) mass is 266 g/mol. The standard InChI is InChI=1S/C13H18N2O2S/c1-14-10-5-4-6-11(9-10)18-13-8-3-2-7-12(13)15(16)17/h2-3,7-8,10-11,14H,4-6,9H2,1H3. The SMILES string of the molecule is CNC1CCCC(Sc2ccccc2[N+](=O)[O-])C1. The fraction of sp³-hybridized carbons (Fsp3) is 0.538. The van der Waals surface area contributed by atoms with E-state index in [1.54, 1.807) is 23.9 Å². The number of hydrogen-bond acceptors (Lipinski definition) is 4. The Bertz CT molecular complexity index is 425. The zero-order chi connectivity index (χ0) is 13.0. The van der Waals surface area contributed by atoms with Crippen LogP contribution in [0.4, 0.5) is 5.69 Å². The normalized spacial score (nSPS) is 23.8. The molecule has 2 unspecified atom stereocenters. The van der Waals surface area contributed by atoms with E-state index in [0.717, 1.165) is 17.7 Å². The molecule has 0 radical (unpaired) electrons. The lowest BCUT2D eigenvalue weighted by molar-refractivity contribution is -0.387. The van der Waals surface area contributed by atoms with Crippen molar-refractivity contribution in [3.05, 3.63) is 34.4 Å². The van der Waals surface area contributed by atoms with E-state index in [2.05, 4.69) is 5.32 Å². The maximum Gasteiger partial charge on any atom is 0.282 e. The molecule has 2 rings (SSSR count). The zero-order valence-electron chi connectivity index (χ0n) is 10.5. The molecule has 1 aliphatic carbocycles. The van der Waals surface area contributed by atoms with Gasteiger partial charge in [0.25, 0.3) is 5.69 Å². The van der Waals surface area contributed by atoms with Gasteiger partial charge in [-0.05, 0) is 32.4 Å². The highest BCUT2D eigenvalue weighted by atomic mass is 32.2. The molecule has 1 aliphatic rings. The van der Waals surface area contributed by atoms with E-state index in [1.165, 1.54) is 12.8 Å². The second-order valence-corrected chi connectivity index (χ2v) is 5.96. The second-order valence-electron chi connectivity index (χ2n) is 4.62. The average molecular weight is 266 g/mol. The molecular weight excluding hydrogens is 248 g/mol. The molecule has 4 nitrogen and oxygen atoms in total. The van der Waals surface area contributed by atoms with E-state index in [0.29, 0.717) is 11.3 Å². The molecule has 0 spiro atoms. The van der Waals surface area contributed by atoms with Crippen molar-refractivity contribution < 1.29 is 4.92 Å². The van der Waals surface area contributed by atoms with Crippen molar-refractivity contribution in [3.63, 3.8) is 0 Å². The molecule has 0 heterocycles. The van der Waals surface area contributed by atoms with Gasteiger partial charge in [0.1, 0.15) is 0 Å². The number of benzene rings is 1. The van der Waals surface area contributed by atoms with Crippen LogP contribution >= 0.6 is 11.8 Å². The first-order chi connectivity index (χ1) is 8.70. The molecule has 0 aliphatic heterocycles. The van der Waals surface area contributed by atoms with Gasteiger partial charge < -0.3 is 5.32 Å². The highest BCUT2D eigenvalue weighted by molar-refractivity contribution is 8.00. The van der Waals surface area contributed by atoms with E-state index in [4.69, 9.17) is 0 Å². The van der Waals surface area contributed by atoms with Gasteiger partial charge in [-0.3, -0.25) is 10.1 Å². The molecule has 0 aromatic heterocycles. The minimum atomic E-state index is -0.291. The summed E-state index contributed by atoms with van der Waals surface area (Å²) in [5, 5.41) is 14.8. The summed E-state index contributed by atoms with van der Waals surface area (Å²) in [5.41, 5.74) is 0.231. The molecule has 18 heavy (non-hydrogen) atoms. The van der Waals surface area contributed by atoms with Crippen molar-refractivity contribution in [3.8, 4) is 0 Å². The first kappa shape index (κ1) is 13.4. The maximum absolute atomic E-state index is 11.0. The number of hydrogen-bond donors (Lipinski definition) is 1. The Hall–Kier alpha value is -1.07. The predicted molar refractivity (Wildman–Crippen MR) is 74.1 cm³/mol. The Balaban J connectivity index is 2.07. The van der Waals surface area contributed by atoms with E-state index < -0.39 is 0 Å². The summed E-state index contributed by atoms with van der Waals surface area (Å²) < 4.78 is 0. The van der Waals surface area contributed by atoms with Gasteiger partial charge in [-0.1, -0.05) is 18.6 Å². The number of nitro benzene ring substituents is 1. The molecule has 1 fully saturated rings. The van der Waals surface area contributed by atoms with Crippen LogP contribution in [0.2, 0.25) is 0 Å². The molecule has 5 heteroatoms. The average Bonchev–Trinajstić information content (AvgIpc) is 2.39. The van der Waals surface area contributed by atoms with Crippen LogP contribution in [0.3, 0.4) is 0 Å². The lowest BCUT2D eigenvalue weighted by Gasteiger charge is -2.28. The lowest BCUT2D eigenvalue weighted by Crippen LogP contribution is -2.32. The van der Waals surface area contributed by atoms with E-state index in [1.807, 2.05) is 19.2 Å². The van der Waals surface area contributed by atoms with Crippen molar-refractivity contribution in [2.45, 2.75) is 41.9 Å². The largest absolute Gasteiger partial charge is 0.317 e. The first-order valence-electron chi connectivity index (χ1n) is 6.28. The number of rotatable bonds is 4. The van der Waals surface area contributed by atoms with Gasteiger partial charge in [0.05, 0.1) is 9.82 Å². The van der Waals surface area contributed by atoms with Crippen molar-refractivity contribution in [2.75, 3.05) is 7.05 Å². The van der Waals surface area contributed by atoms with Gasteiger partial charge in [-0.15, -0.1) is 11.8 Å². The topological polar surface area (TPSA) is 55.2 Å². The molecule has 0 amide bonds. The Morgan fingerprint density at radius 1 is 1.39 bits per heavy atom. The Morgan fingerprint density at radius 3 is 2.89 bits per heavy atom. The lowest BCUT2D eigenvalue weighted by atomic mass is 9.95. The number of thioether (sulfide) groups is 1. The number of nitrogens with one attached hydrogen (secondary N) is 1. The smallest absolute Gasteiger partial charge is 0.282 e. The quantitative estimate of drug-likeness (QED) is 0.671. The molecule has 0 saturated heterocycles. The summed E-state index contributed by atoms with van der Waals surface area (Å²) in [7, 11) is 1.99. The highest BCUT2D eigenvalue weighted by Gasteiger charge is 2.24. The fourth-order valence-electron chi connectivity index (χ4n) is 2.40. The number of para-hydroxylation sites is 1. The van der Waals surface area contributed by atoms with Gasteiger partial charge in [-0.2, -0.15) is 0 Å². The summed E-state index contributed by atoms with van der Waals surface area (Å²) >= 11 is 1.66. The maximum atomic E-state index is 11.0. The second kappa shape index (κ2) is 6.20. The van der Waals surface area contributed by atoms with Crippen molar-refractivity contribution in [2.24, 2.45) is 0 Å². The van der Waals surface area contributed by atoms with Crippen LogP contribution in [0.25, 0.3) is 0 Å². The van der Waals surface area contributed by atoms with Crippen LogP contribution in [0.1, 0.15) is 25.7 Å². The third-order valence-corrected chi connectivity index (χ3v) is 4.75. The van der Waals surface area contributed by atoms with Crippen LogP contribution in [-0.2, 0) is 0 Å². The van der Waals surface area contributed by atoms with Crippen LogP contribution in [0.15, 0.2) is 29.2 Å². The minimum absolute atomic E-state index is 0.231. The summed E-state index contributed by atoms with van der Waals surface area (Å²) in [4.78, 5) is 11.5. The number of nitrogens with zero attached hydrogens (tertiary/aromatic N) is 1. The molecule has 1 aromatic carbocycles. The van der Waals surface area contributed by atoms with Crippen molar-refractivity contribution >= 4 is 17.4 Å². The molecular formula is C13H18N2O2S. The molecule has 0 bridgehead atoms. The molecule has 1 N–H and O–H groups in total. The minimum Gasteiger partial charge on any atom is -0.317 e.